The van der Waals surface area contributed by atoms with Gasteiger partial charge in [-0.05, 0) is 19.8 Å². The van der Waals surface area contributed by atoms with Gasteiger partial charge in [0, 0.05) is 5.92 Å². The Hall–Kier alpha value is -1.58. The fourth-order valence-electron chi connectivity index (χ4n) is 2.58. The molecule has 1 aromatic rings. The van der Waals surface area contributed by atoms with E-state index in [9.17, 15) is 13.2 Å². The molecule has 2 rings (SSSR count). The lowest BCUT2D eigenvalue weighted by Gasteiger charge is -2.20. The molecule has 0 aromatic carbocycles. The number of halogens is 3. The highest BCUT2D eigenvalue weighted by molar-refractivity contribution is 5.20. The second kappa shape index (κ2) is 5.19. The van der Waals surface area contributed by atoms with Crippen LogP contribution in [0.1, 0.15) is 56.0 Å². The average molecular weight is 272 g/mol. The van der Waals surface area contributed by atoms with E-state index < -0.39 is 12.2 Å². The van der Waals surface area contributed by atoms with Gasteiger partial charge >= 0.3 is 6.18 Å². The second-order valence-corrected chi connectivity index (χ2v) is 4.90. The number of nitrogens with zero attached hydrogens (tertiary/aromatic N) is 4. The van der Waals surface area contributed by atoms with Crippen LogP contribution in [0.15, 0.2) is 0 Å². The number of rotatable bonds is 3. The van der Waals surface area contributed by atoms with Gasteiger partial charge in [0.25, 0.3) is 0 Å². The third-order valence-electron chi connectivity index (χ3n) is 3.63. The number of alkyl halides is 3. The Labute approximate surface area is 109 Å². The van der Waals surface area contributed by atoms with Crippen molar-refractivity contribution in [1.29, 1.82) is 5.26 Å². The van der Waals surface area contributed by atoms with Gasteiger partial charge in [-0.1, -0.05) is 18.1 Å². The zero-order valence-electron chi connectivity index (χ0n) is 10.6. The maximum absolute atomic E-state index is 12.8. The molecular formula is C12H15F3N4. The van der Waals surface area contributed by atoms with Crippen LogP contribution in [0.3, 0.4) is 0 Å². The van der Waals surface area contributed by atoms with Crippen LogP contribution in [0.25, 0.3) is 0 Å². The minimum atomic E-state index is -4.36. The molecule has 0 saturated heterocycles. The molecule has 19 heavy (non-hydrogen) atoms. The lowest BCUT2D eigenvalue weighted by Crippen LogP contribution is -2.27. The number of hydrogen-bond donors (Lipinski definition) is 0. The average Bonchev–Trinajstić information content (AvgIpc) is 2.95. The maximum atomic E-state index is 12.8. The first kappa shape index (κ1) is 13.8. The van der Waals surface area contributed by atoms with E-state index in [-0.39, 0.29) is 12.3 Å². The van der Waals surface area contributed by atoms with E-state index in [0.29, 0.717) is 11.4 Å². The van der Waals surface area contributed by atoms with Gasteiger partial charge in [-0.25, -0.2) is 4.68 Å². The van der Waals surface area contributed by atoms with Crippen LogP contribution in [0, 0.1) is 11.3 Å². The molecule has 1 atom stereocenters. The van der Waals surface area contributed by atoms with Gasteiger partial charge in [-0.2, -0.15) is 18.4 Å². The van der Waals surface area contributed by atoms with E-state index >= 15 is 0 Å². The predicted molar refractivity (Wildman–Crippen MR) is 61.3 cm³/mol. The summed E-state index contributed by atoms with van der Waals surface area (Å²) >= 11 is 0. The summed E-state index contributed by atoms with van der Waals surface area (Å²) in [5.74, 6) is 0.0446. The topological polar surface area (TPSA) is 54.5 Å². The van der Waals surface area contributed by atoms with Crippen LogP contribution in [-0.4, -0.2) is 21.2 Å². The molecule has 1 heterocycles. The third kappa shape index (κ3) is 2.72. The van der Waals surface area contributed by atoms with Crippen LogP contribution < -0.4 is 0 Å². The van der Waals surface area contributed by atoms with E-state index in [2.05, 4.69) is 10.3 Å². The van der Waals surface area contributed by atoms with Crippen molar-refractivity contribution in [2.24, 2.45) is 0 Å². The Morgan fingerprint density at radius 3 is 2.58 bits per heavy atom. The first-order chi connectivity index (χ1) is 8.95. The highest BCUT2D eigenvalue weighted by Gasteiger charge is 2.41. The predicted octanol–water partition coefficient (Wildman–Crippen LogP) is 3.13. The molecule has 0 spiro atoms. The molecule has 0 radical (unpaired) electrons. The maximum Gasteiger partial charge on any atom is 0.410 e. The summed E-state index contributed by atoms with van der Waals surface area (Å²) in [4.78, 5) is 0. The highest BCUT2D eigenvalue weighted by Crippen LogP contribution is 2.39. The molecule has 1 unspecified atom stereocenters. The smallest absolute Gasteiger partial charge is 0.237 e. The van der Waals surface area contributed by atoms with Gasteiger partial charge in [0.1, 0.15) is 11.7 Å². The Morgan fingerprint density at radius 2 is 2.05 bits per heavy atom. The molecular weight excluding hydrogens is 257 g/mol. The van der Waals surface area contributed by atoms with E-state index in [0.717, 1.165) is 37.3 Å². The van der Waals surface area contributed by atoms with E-state index in [4.69, 9.17) is 5.26 Å². The van der Waals surface area contributed by atoms with Gasteiger partial charge in [0.15, 0.2) is 0 Å². The molecule has 1 aromatic heterocycles. The normalized spacial score (nSPS) is 18.5. The third-order valence-corrected chi connectivity index (χ3v) is 3.63. The van der Waals surface area contributed by atoms with Crippen molar-refractivity contribution in [2.45, 2.75) is 57.2 Å². The lowest BCUT2D eigenvalue weighted by atomic mass is 10.00. The summed E-state index contributed by atoms with van der Waals surface area (Å²) < 4.78 is 39.5. The van der Waals surface area contributed by atoms with E-state index in [1.165, 1.54) is 0 Å². The second-order valence-electron chi connectivity index (χ2n) is 4.90. The fraction of sp³-hybridized carbons (Fsp3) is 0.750. The lowest BCUT2D eigenvalue weighted by molar-refractivity contribution is -0.166. The van der Waals surface area contributed by atoms with Crippen LogP contribution in [-0.2, 0) is 6.42 Å². The van der Waals surface area contributed by atoms with Gasteiger partial charge in [0.2, 0.25) is 0 Å². The summed E-state index contributed by atoms with van der Waals surface area (Å²) in [6.45, 7) is 1.07. The molecule has 1 saturated carbocycles. The molecule has 0 amide bonds. The van der Waals surface area contributed by atoms with E-state index in [1.54, 1.807) is 0 Å². The quantitative estimate of drug-likeness (QED) is 0.849. The minimum absolute atomic E-state index is 0.0103. The van der Waals surface area contributed by atoms with Gasteiger partial charge in [-0.3, -0.25) is 0 Å². The Kier molecular flexibility index (Phi) is 3.78. The van der Waals surface area contributed by atoms with E-state index in [1.807, 2.05) is 6.07 Å². The van der Waals surface area contributed by atoms with Crippen molar-refractivity contribution in [2.75, 3.05) is 0 Å². The summed E-state index contributed by atoms with van der Waals surface area (Å²) in [5.41, 5.74) is 0.898. The number of nitriles is 1. The van der Waals surface area contributed by atoms with Crippen molar-refractivity contribution in [3.8, 4) is 6.07 Å². The van der Waals surface area contributed by atoms with Gasteiger partial charge < -0.3 is 0 Å². The van der Waals surface area contributed by atoms with Crippen LogP contribution in [0.2, 0.25) is 0 Å². The number of hydrogen-bond acceptors (Lipinski definition) is 3. The minimum Gasteiger partial charge on any atom is -0.237 e. The van der Waals surface area contributed by atoms with Crippen LogP contribution in [0.5, 0.6) is 0 Å². The summed E-state index contributed by atoms with van der Waals surface area (Å²) in [7, 11) is 0. The molecule has 1 fully saturated rings. The van der Waals surface area contributed by atoms with Crippen molar-refractivity contribution in [3.63, 3.8) is 0 Å². The highest BCUT2D eigenvalue weighted by atomic mass is 19.4. The molecule has 7 heteroatoms. The summed E-state index contributed by atoms with van der Waals surface area (Å²) in [6, 6.07) is 0.236. The molecule has 0 bridgehead atoms. The summed E-state index contributed by atoms with van der Waals surface area (Å²) in [5, 5.41) is 16.2. The van der Waals surface area contributed by atoms with Gasteiger partial charge in [-0.15, -0.1) is 5.10 Å². The van der Waals surface area contributed by atoms with Crippen molar-refractivity contribution >= 4 is 0 Å². The van der Waals surface area contributed by atoms with Crippen molar-refractivity contribution < 1.29 is 13.2 Å². The Bertz CT molecular complexity index is 480. The van der Waals surface area contributed by atoms with Crippen LogP contribution in [0.4, 0.5) is 13.2 Å². The molecule has 1 aliphatic carbocycles. The molecule has 1 aliphatic rings. The zero-order chi connectivity index (χ0) is 14.0. The Morgan fingerprint density at radius 1 is 1.42 bits per heavy atom. The standard InChI is InChI=1S/C12H15F3N4/c1-8(12(13,14)15)19-11(9-4-2-3-5-9)10(6-7-16)17-18-19/h8-9H,2-6H2,1H3. The first-order valence-electron chi connectivity index (χ1n) is 6.32. The largest absolute Gasteiger partial charge is 0.410 e. The Balaban J connectivity index is 2.40. The monoisotopic (exact) mass is 272 g/mol. The van der Waals surface area contributed by atoms with Crippen molar-refractivity contribution in [3.05, 3.63) is 11.4 Å². The number of aromatic nitrogens is 3. The molecule has 0 N–H and O–H groups in total. The molecule has 4 nitrogen and oxygen atoms in total. The fourth-order valence-corrected chi connectivity index (χ4v) is 2.58. The van der Waals surface area contributed by atoms with Crippen molar-refractivity contribution in [1.82, 2.24) is 15.0 Å². The zero-order valence-corrected chi connectivity index (χ0v) is 10.6. The SMILES string of the molecule is CC(n1nnc(CC#N)c1C1CCCC1)C(F)(F)F. The molecule has 104 valence electrons. The van der Waals surface area contributed by atoms with Crippen LogP contribution >= 0.6 is 0 Å². The summed E-state index contributed by atoms with van der Waals surface area (Å²) in [6.07, 6.45) is -0.654. The molecule has 0 aliphatic heterocycles. The first-order valence-corrected chi connectivity index (χ1v) is 6.32. The van der Waals surface area contributed by atoms with Gasteiger partial charge in [0.05, 0.1) is 18.2 Å².